The Morgan fingerprint density at radius 2 is 1.73 bits per heavy atom. The number of rotatable bonds is 4. The number of nitrogens with zero attached hydrogens (tertiary/aromatic N) is 2. The van der Waals surface area contributed by atoms with E-state index in [1.165, 1.54) is 11.9 Å². The minimum Gasteiger partial charge on any atom is -0.480 e. The summed E-state index contributed by atoms with van der Waals surface area (Å²) in [5.74, 6) is -1.01. The number of carbonyl (C=O) groups is 2. The molecule has 5 nitrogen and oxygen atoms in total. The van der Waals surface area contributed by atoms with E-state index < -0.39 is 5.97 Å². The van der Waals surface area contributed by atoms with Gasteiger partial charge in [0.2, 0.25) is 0 Å². The maximum atomic E-state index is 11.8. The molecule has 5 heteroatoms. The molecular weight excluding hydrogens is 196 g/mol. The van der Waals surface area contributed by atoms with Gasteiger partial charge < -0.3 is 14.9 Å². The van der Waals surface area contributed by atoms with Crippen molar-refractivity contribution in [2.45, 2.75) is 32.7 Å². The molecule has 1 N–H and O–H groups in total. The number of carboxylic acids is 1. The number of carboxylic acid groups (broad SMARTS) is 1. The van der Waals surface area contributed by atoms with E-state index in [0.29, 0.717) is 0 Å². The molecule has 0 atom stereocenters. The van der Waals surface area contributed by atoms with Crippen LogP contribution in [0.3, 0.4) is 0 Å². The van der Waals surface area contributed by atoms with Gasteiger partial charge in [-0.05, 0) is 20.3 Å². The molecule has 0 fully saturated rings. The summed E-state index contributed by atoms with van der Waals surface area (Å²) in [4.78, 5) is 25.0. The first-order valence-electron chi connectivity index (χ1n) is 4.93. The highest BCUT2D eigenvalue weighted by molar-refractivity contribution is 5.80. The van der Waals surface area contributed by atoms with Crippen molar-refractivity contribution < 1.29 is 14.7 Å². The van der Waals surface area contributed by atoms with Crippen LogP contribution in [-0.4, -0.2) is 53.1 Å². The van der Waals surface area contributed by atoms with Crippen molar-refractivity contribution in [1.82, 2.24) is 9.80 Å². The number of amides is 2. The van der Waals surface area contributed by atoms with Gasteiger partial charge in [0.15, 0.2) is 0 Å². The molecule has 0 radical (unpaired) electrons. The van der Waals surface area contributed by atoms with Crippen LogP contribution in [0, 0.1) is 0 Å². The van der Waals surface area contributed by atoms with Crippen molar-refractivity contribution in [2.75, 3.05) is 20.6 Å². The highest BCUT2D eigenvalue weighted by Gasteiger charge is 2.28. The first-order valence-corrected chi connectivity index (χ1v) is 4.93. The van der Waals surface area contributed by atoms with Gasteiger partial charge in [-0.15, -0.1) is 0 Å². The predicted molar refractivity (Wildman–Crippen MR) is 57.8 cm³/mol. The van der Waals surface area contributed by atoms with Crippen molar-refractivity contribution in [3.8, 4) is 0 Å². The molecule has 0 aromatic rings. The lowest BCUT2D eigenvalue weighted by atomic mass is 10.0. The van der Waals surface area contributed by atoms with Crippen molar-refractivity contribution in [3.05, 3.63) is 0 Å². The zero-order valence-electron chi connectivity index (χ0n) is 10.1. The third-order valence-corrected chi connectivity index (χ3v) is 2.76. The molecule has 0 aliphatic rings. The van der Waals surface area contributed by atoms with Gasteiger partial charge in [0.1, 0.15) is 6.54 Å². The Hall–Kier alpha value is -1.26. The molecule has 0 unspecified atom stereocenters. The average Bonchev–Trinajstić information content (AvgIpc) is 2.14. The van der Waals surface area contributed by atoms with Crippen molar-refractivity contribution in [3.63, 3.8) is 0 Å². The molecule has 0 saturated heterocycles. The average molecular weight is 216 g/mol. The fraction of sp³-hybridized carbons (Fsp3) is 0.800. The maximum absolute atomic E-state index is 11.8. The number of likely N-dealkylation sites (N-methyl/N-ethyl adjacent to an activating group) is 1. The summed E-state index contributed by atoms with van der Waals surface area (Å²) in [7, 11) is 3.17. The van der Waals surface area contributed by atoms with Gasteiger partial charge in [-0.2, -0.15) is 0 Å². The molecule has 88 valence electrons. The lowest BCUT2D eigenvalue weighted by Crippen LogP contribution is -2.50. The van der Waals surface area contributed by atoms with Crippen molar-refractivity contribution >= 4 is 12.0 Å². The monoisotopic (exact) mass is 216 g/mol. The molecule has 0 aromatic heterocycles. The van der Waals surface area contributed by atoms with Crippen LogP contribution in [0.15, 0.2) is 0 Å². The highest BCUT2D eigenvalue weighted by Crippen LogP contribution is 2.17. The van der Waals surface area contributed by atoms with Crippen LogP contribution >= 0.6 is 0 Å². The Bertz CT molecular complexity index is 251. The van der Waals surface area contributed by atoms with E-state index in [9.17, 15) is 9.59 Å². The molecule has 15 heavy (non-hydrogen) atoms. The quantitative estimate of drug-likeness (QED) is 0.769. The van der Waals surface area contributed by atoms with Gasteiger partial charge in [-0.3, -0.25) is 4.79 Å². The third-order valence-electron chi connectivity index (χ3n) is 2.76. The second kappa shape index (κ2) is 5.00. The number of urea groups is 1. The van der Waals surface area contributed by atoms with Gasteiger partial charge in [0.25, 0.3) is 0 Å². The zero-order valence-corrected chi connectivity index (χ0v) is 10.1. The van der Waals surface area contributed by atoms with Crippen LogP contribution in [0.25, 0.3) is 0 Å². The standard InChI is InChI=1S/C10H20N2O3/c1-6-10(2,3)12(5)9(15)11(4)7-8(13)14/h6-7H2,1-5H3,(H,13,14). The molecule has 0 bridgehead atoms. The van der Waals surface area contributed by atoms with Crippen LogP contribution in [-0.2, 0) is 4.79 Å². The molecule has 0 heterocycles. The van der Waals surface area contributed by atoms with Gasteiger partial charge in [-0.25, -0.2) is 4.79 Å². The predicted octanol–water partition coefficient (Wildman–Crippen LogP) is 1.24. The second-order valence-electron chi connectivity index (χ2n) is 4.26. The fourth-order valence-electron chi connectivity index (χ4n) is 1.02. The van der Waals surface area contributed by atoms with Gasteiger partial charge in [0, 0.05) is 19.6 Å². The fourth-order valence-corrected chi connectivity index (χ4v) is 1.02. The van der Waals surface area contributed by atoms with Crippen molar-refractivity contribution in [1.29, 1.82) is 0 Å². The molecule has 0 aromatic carbocycles. The lowest BCUT2D eigenvalue weighted by Gasteiger charge is -2.37. The van der Waals surface area contributed by atoms with Crippen LogP contribution in [0.4, 0.5) is 4.79 Å². The summed E-state index contributed by atoms with van der Waals surface area (Å²) >= 11 is 0. The van der Waals surface area contributed by atoms with Crippen LogP contribution in [0.1, 0.15) is 27.2 Å². The van der Waals surface area contributed by atoms with E-state index in [0.717, 1.165) is 6.42 Å². The number of hydrogen-bond donors (Lipinski definition) is 1. The lowest BCUT2D eigenvalue weighted by molar-refractivity contribution is -0.137. The highest BCUT2D eigenvalue weighted by atomic mass is 16.4. The van der Waals surface area contributed by atoms with Crippen LogP contribution in [0.5, 0.6) is 0 Å². The summed E-state index contributed by atoms with van der Waals surface area (Å²) < 4.78 is 0. The number of carbonyl (C=O) groups excluding carboxylic acids is 1. The SMILES string of the molecule is CCC(C)(C)N(C)C(=O)N(C)CC(=O)O. The Balaban J connectivity index is 4.51. The zero-order chi connectivity index (χ0) is 12.2. The third kappa shape index (κ3) is 3.77. The van der Waals surface area contributed by atoms with Gasteiger partial charge >= 0.3 is 12.0 Å². The van der Waals surface area contributed by atoms with E-state index in [4.69, 9.17) is 5.11 Å². The first kappa shape index (κ1) is 13.7. The van der Waals surface area contributed by atoms with E-state index in [1.807, 2.05) is 20.8 Å². The van der Waals surface area contributed by atoms with E-state index in [1.54, 1.807) is 11.9 Å². The summed E-state index contributed by atoms with van der Waals surface area (Å²) in [6, 6.07) is -0.274. The molecule has 0 aliphatic heterocycles. The first-order chi connectivity index (χ1) is 6.72. The topological polar surface area (TPSA) is 60.9 Å². The molecule has 0 aliphatic carbocycles. The van der Waals surface area contributed by atoms with Crippen LogP contribution in [0.2, 0.25) is 0 Å². The number of aliphatic carboxylic acids is 1. The summed E-state index contributed by atoms with van der Waals surface area (Å²) in [6.45, 7) is 5.60. The van der Waals surface area contributed by atoms with E-state index >= 15 is 0 Å². The summed E-state index contributed by atoms with van der Waals surface area (Å²) in [5.41, 5.74) is -0.260. The normalized spacial score (nSPS) is 11.0. The smallest absolute Gasteiger partial charge is 0.323 e. The minimum atomic E-state index is -1.01. The van der Waals surface area contributed by atoms with Crippen molar-refractivity contribution in [2.24, 2.45) is 0 Å². The second-order valence-corrected chi connectivity index (χ2v) is 4.26. The number of hydrogen-bond acceptors (Lipinski definition) is 2. The Labute approximate surface area is 90.7 Å². The van der Waals surface area contributed by atoms with Gasteiger partial charge in [0.05, 0.1) is 0 Å². The Kier molecular flexibility index (Phi) is 4.58. The molecule has 0 rings (SSSR count). The molecule has 0 spiro atoms. The largest absolute Gasteiger partial charge is 0.480 e. The van der Waals surface area contributed by atoms with Gasteiger partial charge in [-0.1, -0.05) is 6.92 Å². The minimum absolute atomic E-state index is 0.260. The molecular formula is C10H20N2O3. The maximum Gasteiger partial charge on any atom is 0.323 e. The summed E-state index contributed by atoms with van der Waals surface area (Å²) in [6.07, 6.45) is 0.816. The van der Waals surface area contributed by atoms with Crippen LogP contribution < -0.4 is 0 Å². The van der Waals surface area contributed by atoms with E-state index in [2.05, 4.69) is 0 Å². The van der Waals surface area contributed by atoms with E-state index in [-0.39, 0.29) is 18.1 Å². The molecule has 2 amide bonds. The molecule has 0 saturated carbocycles. The summed E-state index contributed by atoms with van der Waals surface area (Å²) in [5, 5.41) is 8.56. The Morgan fingerprint density at radius 1 is 1.27 bits per heavy atom. The Morgan fingerprint density at radius 3 is 2.07 bits per heavy atom.